The molecule has 0 bridgehead atoms. The highest BCUT2D eigenvalue weighted by atomic mass is 35.5. The number of halogens is 2. The third-order valence-corrected chi connectivity index (χ3v) is 3.13. The number of benzene rings is 2. The minimum Gasteiger partial charge on any atom is -0.398 e. The number of nitrogens with two attached hydrogens (primary N) is 1. The van der Waals surface area contributed by atoms with Gasteiger partial charge in [-0.05, 0) is 60.4 Å². The van der Waals surface area contributed by atoms with E-state index in [1.165, 1.54) is 12.1 Å². The lowest BCUT2D eigenvalue weighted by Crippen LogP contribution is -1.92. The van der Waals surface area contributed by atoms with Gasteiger partial charge < -0.3 is 5.73 Å². The number of anilines is 1. The fraction of sp³-hybridized carbons (Fsp3) is 0.143. The van der Waals surface area contributed by atoms with Crippen LogP contribution >= 0.6 is 11.6 Å². The van der Waals surface area contributed by atoms with Gasteiger partial charge in [0.2, 0.25) is 0 Å². The second-order valence-corrected chi connectivity index (χ2v) is 4.56. The first kappa shape index (κ1) is 11.9. The van der Waals surface area contributed by atoms with E-state index in [1.54, 1.807) is 6.07 Å². The third-order valence-electron chi connectivity index (χ3n) is 2.78. The zero-order valence-corrected chi connectivity index (χ0v) is 10.5. The van der Waals surface area contributed by atoms with Crippen molar-refractivity contribution >= 4 is 17.3 Å². The van der Waals surface area contributed by atoms with Crippen LogP contribution in [0.4, 0.5) is 10.1 Å². The zero-order chi connectivity index (χ0) is 12.6. The quantitative estimate of drug-likeness (QED) is 0.748. The summed E-state index contributed by atoms with van der Waals surface area (Å²) in [4.78, 5) is 0. The van der Waals surface area contributed by atoms with Gasteiger partial charge in [-0.1, -0.05) is 17.7 Å². The topological polar surface area (TPSA) is 26.0 Å². The average Bonchev–Trinajstić information content (AvgIpc) is 2.21. The van der Waals surface area contributed by atoms with E-state index in [-0.39, 0.29) is 5.82 Å². The second-order valence-electron chi connectivity index (χ2n) is 4.15. The summed E-state index contributed by atoms with van der Waals surface area (Å²) in [6, 6.07) is 8.51. The SMILES string of the molecule is Cc1cc(F)cc(C)c1-c1ccc(Cl)c(N)c1. The first-order valence-corrected chi connectivity index (χ1v) is 5.69. The number of hydrogen-bond acceptors (Lipinski definition) is 1. The van der Waals surface area contributed by atoms with Crippen LogP contribution in [0.25, 0.3) is 11.1 Å². The molecule has 0 saturated heterocycles. The van der Waals surface area contributed by atoms with Gasteiger partial charge in [-0.25, -0.2) is 4.39 Å². The number of hydrogen-bond donors (Lipinski definition) is 1. The molecule has 0 aromatic heterocycles. The molecule has 0 aliphatic rings. The minimum absolute atomic E-state index is 0.217. The lowest BCUT2D eigenvalue weighted by molar-refractivity contribution is 0.625. The van der Waals surface area contributed by atoms with Gasteiger partial charge in [-0.3, -0.25) is 0 Å². The molecule has 0 amide bonds. The molecule has 0 saturated carbocycles. The lowest BCUT2D eigenvalue weighted by atomic mass is 9.95. The molecule has 0 heterocycles. The molecule has 2 aromatic rings. The highest BCUT2D eigenvalue weighted by Gasteiger charge is 2.09. The first-order valence-electron chi connectivity index (χ1n) is 5.31. The van der Waals surface area contributed by atoms with Gasteiger partial charge in [-0.15, -0.1) is 0 Å². The van der Waals surface area contributed by atoms with Gasteiger partial charge in [0.1, 0.15) is 5.82 Å². The van der Waals surface area contributed by atoms with Gasteiger partial charge in [0.15, 0.2) is 0 Å². The molecule has 0 unspecified atom stereocenters. The standard InChI is InChI=1S/C14H13ClFN/c1-8-5-11(16)6-9(2)14(8)10-3-4-12(15)13(17)7-10/h3-7H,17H2,1-2H3. The molecule has 2 N–H and O–H groups in total. The van der Waals surface area contributed by atoms with Crippen LogP contribution in [0.5, 0.6) is 0 Å². The highest BCUT2D eigenvalue weighted by Crippen LogP contribution is 2.31. The Hall–Kier alpha value is -1.54. The van der Waals surface area contributed by atoms with Gasteiger partial charge in [0, 0.05) is 0 Å². The summed E-state index contributed by atoms with van der Waals surface area (Å²) in [6.07, 6.45) is 0. The summed E-state index contributed by atoms with van der Waals surface area (Å²) in [7, 11) is 0. The molecular weight excluding hydrogens is 237 g/mol. The summed E-state index contributed by atoms with van der Waals surface area (Å²) in [5, 5.41) is 0.533. The van der Waals surface area contributed by atoms with Crippen molar-refractivity contribution in [1.29, 1.82) is 0 Å². The van der Waals surface area contributed by atoms with Crippen LogP contribution in [0.2, 0.25) is 5.02 Å². The molecule has 3 heteroatoms. The molecule has 0 fully saturated rings. The van der Waals surface area contributed by atoms with Crippen LogP contribution < -0.4 is 5.73 Å². The summed E-state index contributed by atoms with van der Waals surface area (Å²) in [6.45, 7) is 3.77. The zero-order valence-electron chi connectivity index (χ0n) is 9.72. The fourth-order valence-corrected chi connectivity index (χ4v) is 2.18. The smallest absolute Gasteiger partial charge is 0.123 e. The summed E-state index contributed by atoms with van der Waals surface area (Å²) in [5.74, 6) is -0.217. The molecule has 2 aromatic carbocycles. The summed E-state index contributed by atoms with van der Waals surface area (Å²) < 4.78 is 13.2. The molecule has 0 atom stereocenters. The Labute approximate surface area is 105 Å². The van der Waals surface area contributed by atoms with E-state index < -0.39 is 0 Å². The van der Waals surface area contributed by atoms with Crippen molar-refractivity contribution in [2.45, 2.75) is 13.8 Å². The second kappa shape index (κ2) is 4.38. The van der Waals surface area contributed by atoms with Crippen molar-refractivity contribution in [2.24, 2.45) is 0 Å². The van der Waals surface area contributed by atoms with E-state index in [0.717, 1.165) is 22.3 Å². The maximum atomic E-state index is 13.2. The maximum absolute atomic E-state index is 13.2. The maximum Gasteiger partial charge on any atom is 0.123 e. The van der Waals surface area contributed by atoms with E-state index in [0.29, 0.717) is 10.7 Å². The van der Waals surface area contributed by atoms with Gasteiger partial charge >= 0.3 is 0 Å². The van der Waals surface area contributed by atoms with Gasteiger partial charge in [0.25, 0.3) is 0 Å². The van der Waals surface area contributed by atoms with Crippen molar-refractivity contribution in [2.75, 3.05) is 5.73 Å². The number of rotatable bonds is 1. The first-order chi connectivity index (χ1) is 7.99. The normalized spacial score (nSPS) is 10.6. The van der Waals surface area contributed by atoms with Crippen LogP contribution in [-0.2, 0) is 0 Å². The van der Waals surface area contributed by atoms with Gasteiger partial charge in [0.05, 0.1) is 10.7 Å². The van der Waals surface area contributed by atoms with Crippen molar-refractivity contribution in [1.82, 2.24) is 0 Å². The van der Waals surface area contributed by atoms with Crippen LogP contribution in [0.3, 0.4) is 0 Å². The molecule has 0 radical (unpaired) electrons. The molecule has 0 aliphatic carbocycles. The Morgan fingerprint density at radius 2 is 1.65 bits per heavy atom. The Morgan fingerprint density at radius 3 is 2.18 bits per heavy atom. The predicted molar refractivity (Wildman–Crippen MR) is 70.7 cm³/mol. The van der Waals surface area contributed by atoms with Crippen molar-refractivity contribution in [3.05, 3.63) is 52.3 Å². The van der Waals surface area contributed by atoms with Gasteiger partial charge in [-0.2, -0.15) is 0 Å². The Bertz CT molecular complexity index is 555. The van der Waals surface area contributed by atoms with Crippen LogP contribution in [0.1, 0.15) is 11.1 Å². The minimum atomic E-state index is -0.217. The monoisotopic (exact) mass is 249 g/mol. The molecular formula is C14H13ClFN. The largest absolute Gasteiger partial charge is 0.398 e. The third kappa shape index (κ3) is 2.27. The number of nitrogen functional groups attached to an aromatic ring is 1. The molecule has 0 aliphatic heterocycles. The van der Waals surface area contributed by atoms with Crippen molar-refractivity contribution < 1.29 is 4.39 Å². The van der Waals surface area contributed by atoms with E-state index >= 15 is 0 Å². The van der Waals surface area contributed by atoms with E-state index in [9.17, 15) is 4.39 Å². The van der Waals surface area contributed by atoms with Crippen LogP contribution in [-0.4, -0.2) is 0 Å². The van der Waals surface area contributed by atoms with Crippen LogP contribution in [0.15, 0.2) is 30.3 Å². The Balaban J connectivity index is 2.64. The van der Waals surface area contributed by atoms with Crippen molar-refractivity contribution in [3.8, 4) is 11.1 Å². The Morgan fingerprint density at radius 1 is 1.06 bits per heavy atom. The average molecular weight is 250 g/mol. The predicted octanol–water partition coefficient (Wildman–Crippen LogP) is 4.35. The summed E-state index contributed by atoms with van der Waals surface area (Å²) in [5.41, 5.74) is 10.1. The highest BCUT2D eigenvalue weighted by molar-refractivity contribution is 6.33. The molecule has 17 heavy (non-hydrogen) atoms. The molecule has 0 spiro atoms. The fourth-order valence-electron chi connectivity index (χ4n) is 2.07. The van der Waals surface area contributed by atoms with Crippen LogP contribution in [0, 0.1) is 19.7 Å². The Kier molecular flexibility index (Phi) is 3.07. The van der Waals surface area contributed by atoms with E-state index in [2.05, 4.69) is 0 Å². The molecule has 1 nitrogen and oxygen atoms in total. The number of aryl methyl sites for hydroxylation is 2. The van der Waals surface area contributed by atoms with Crippen molar-refractivity contribution in [3.63, 3.8) is 0 Å². The lowest BCUT2D eigenvalue weighted by Gasteiger charge is -2.11. The summed E-state index contributed by atoms with van der Waals surface area (Å²) >= 11 is 5.89. The van der Waals surface area contributed by atoms with E-state index in [1.807, 2.05) is 26.0 Å². The van der Waals surface area contributed by atoms with E-state index in [4.69, 9.17) is 17.3 Å². The molecule has 2 rings (SSSR count). The molecule has 88 valence electrons.